The number of aliphatic hydroxyl groups excluding tert-OH is 1. The number of aliphatic hydroxyl groups is 1. The number of halogens is 1. The van der Waals surface area contributed by atoms with Crippen LogP contribution in [0.15, 0.2) is 18.2 Å². The number of piperidine rings is 2. The van der Waals surface area contributed by atoms with Gasteiger partial charge in [-0.1, -0.05) is 13.0 Å². The minimum atomic E-state index is -0.272. The predicted octanol–water partition coefficient (Wildman–Crippen LogP) is 2.73. The van der Waals surface area contributed by atoms with Crippen LogP contribution in [0.5, 0.6) is 0 Å². The highest BCUT2D eigenvalue weighted by Gasteiger charge is 2.21. The Kier molecular flexibility index (Phi) is 5.78. The molecule has 0 bridgehead atoms. The van der Waals surface area contributed by atoms with Crippen LogP contribution >= 0.6 is 0 Å². The van der Waals surface area contributed by atoms with Crippen LogP contribution < -0.4 is 10.2 Å². The number of nitrogens with zero attached hydrogens (tertiary/aromatic N) is 2. The zero-order valence-corrected chi connectivity index (χ0v) is 14.9. The van der Waals surface area contributed by atoms with E-state index in [0.717, 1.165) is 31.5 Å². The van der Waals surface area contributed by atoms with Crippen LogP contribution in [0.1, 0.15) is 38.2 Å². The van der Waals surface area contributed by atoms with Gasteiger partial charge in [0.2, 0.25) is 0 Å². The van der Waals surface area contributed by atoms with Gasteiger partial charge in [0, 0.05) is 32.7 Å². The Hall–Kier alpha value is -1.82. The van der Waals surface area contributed by atoms with Crippen molar-refractivity contribution >= 4 is 11.7 Å². The second kappa shape index (κ2) is 8.04. The van der Waals surface area contributed by atoms with Crippen molar-refractivity contribution in [1.29, 1.82) is 0 Å². The van der Waals surface area contributed by atoms with E-state index in [4.69, 9.17) is 0 Å². The molecule has 1 aromatic carbocycles. The lowest BCUT2D eigenvalue weighted by Gasteiger charge is -2.32. The molecule has 2 aliphatic rings. The van der Waals surface area contributed by atoms with E-state index in [0.29, 0.717) is 44.1 Å². The molecule has 1 aromatic rings. The Morgan fingerprint density at radius 2 is 1.88 bits per heavy atom. The summed E-state index contributed by atoms with van der Waals surface area (Å²) in [5.74, 6) is 0.413. The molecular weight excluding hydrogens is 321 g/mol. The van der Waals surface area contributed by atoms with Crippen LogP contribution in [0.2, 0.25) is 0 Å². The average molecular weight is 349 g/mol. The Morgan fingerprint density at radius 1 is 1.20 bits per heavy atom. The first-order valence-corrected chi connectivity index (χ1v) is 9.27. The van der Waals surface area contributed by atoms with Gasteiger partial charge < -0.3 is 20.2 Å². The summed E-state index contributed by atoms with van der Waals surface area (Å²) in [6.45, 7) is 5.47. The Bertz CT molecular complexity index is 594. The maximum Gasteiger partial charge on any atom is 0.317 e. The van der Waals surface area contributed by atoms with Gasteiger partial charge in [-0.3, -0.25) is 0 Å². The zero-order valence-electron chi connectivity index (χ0n) is 14.9. The Morgan fingerprint density at radius 3 is 2.52 bits per heavy atom. The van der Waals surface area contributed by atoms with Gasteiger partial charge in [-0.15, -0.1) is 0 Å². The lowest BCUT2D eigenvalue weighted by atomic mass is 10.00. The molecule has 0 unspecified atom stereocenters. The Labute approximate surface area is 148 Å². The monoisotopic (exact) mass is 349 g/mol. The summed E-state index contributed by atoms with van der Waals surface area (Å²) in [5.41, 5.74) is 1.34. The number of anilines is 1. The van der Waals surface area contributed by atoms with Gasteiger partial charge >= 0.3 is 6.03 Å². The number of nitrogens with one attached hydrogen (secondary N) is 1. The quantitative estimate of drug-likeness (QED) is 0.882. The van der Waals surface area contributed by atoms with E-state index in [-0.39, 0.29) is 18.0 Å². The fraction of sp³-hybridized carbons (Fsp3) is 0.632. The topological polar surface area (TPSA) is 55.8 Å². The van der Waals surface area contributed by atoms with Crippen molar-refractivity contribution < 1.29 is 14.3 Å². The van der Waals surface area contributed by atoms with Crippen molar-refractivity contribution in [1.82, 2.24) is 10.2 Å². The molecule has 3 rings (SSSR count). The third kappa shape index (κ3) is 4.63. The zero-order chi connectivity index (χ0) is 17.8. The average Bonchev–Trinajstić information content (AvgIpc) is 2.61. The fourth-order valence-electron chi connectivity index (χ4n) is 3.52. The third-order valence-corrected chi connectivity index (χ3v) is 5.33. The van der Waals surface area contributed by atoms with E-state index < -0.39 is 0 Å². The molecule has 2 amide bonds. The Balaban J connectivity index is 1.53. The summed E-state index contributed by atoms with van der Waals surface area (Å²) in [4.78, 5) is 16.0. The normalized spacial score (nSPS) is 20.0. The summed E-state index contributed by atoms with van der Waals surface area (Å²) in [7, 11) is 0. The molecule has 2 aliphatic heterocycles. The number of benzene rings is 1. The molecule has 0 spiro atoms. The lowest BCUT2D eigenvalue weighted by Crippen LogP contribution is -2.43. The van der Waals surface area contributed by atoms with Crippen LogP contribution in [0.4, 0.5) is 14.9 Å². The molecule has 2 saturated heterocycles. The van der Waals surface area contributed by atoms with Gasteiger partial charge in [-0.05, 0) is 49.3 Å². The minimum absolute atomic E-state index is 0.0681. The van der Waals surface area contributed by atoms with Gasteiger partial charge in [-0.25, -0.2) is 9.18 Å². The minimum Gasteiger partial charge on any atom is -0.393 e. The number of likely N-dealkylation sites (tertiary alicyclic amines) is 1. The van der Waals surface area contributed by atoms with Crippen molar-refractivity contribution in [3.63, 3.8) is 0 Å². The standard InChI is InChI=1S/C19H28FN3O2/c1-14-4-8-23(9-5-14)19(25)21-13-15-2-3-18(17(20)12-15)22-10-6-16(24)7-11-22/h2-3,12,14,16,24H,4-11,13H2,1H3,(H,21,25). The molecule has 2 fully saturated rings. The number of rotatable bonds is 3. The van der Waals surface area contributed by atoms with E-state index in [1.807, 2.05) is 15.9 Å². The summed E-state index contributed by atoms with van der Waals surface area (Å²) >= 11 is 0. The summed E-state index contributed by atoms with van der Waals surface area (Å²) in [6, 6.07) is 5.07. The van der Waals surface area contributed by atoms with E-state index >= 15 is 0 Å². The van der Waals surface area contributed by atoms with E-state index in [2.05, 4.69) is 12.2 Å². The molecular formula is C19H28FN3O2. The van der Waals surface area contributed by atoms with Crippen molar-refractivity contribution in [3.05, 3.63) is 29.6 Å². The first kappa shape index (κ1) is 18.0. The van der Waals surface area contributed by atoms with Crippen LogP contribution in [-0.4, -0.2) is 48.3 Å². The summed E-state index contributed by atoms with van der Waals surface area (Å²) in [6.07, 6.45) is 3.16. The molecule has 0 aliphatic carbocycles. The van der Waals surface area contributed by atoms with E-state index in [9.17, 15) is 14.3 Å². The number of carbonyl (C=O) groups excluding carboxylic acids is 1. The van der Waals surface area contributed by atoms with Crippen LogP contribution in [0.3, 0.4) is 0 Å². The third-order valence-electron chi connectivity index (χ3n) is 5.33. The second-order valence-electron chi connectivity index (χ2n) is 7.33. The summed E-state index contributed by atoms with van der Waals surface area (Å²) < 4.78 is 14.4. The second-order valence-corrected chi connectivity index (χ2v) is 7.33. The molecule has 0 aromatic heterocycles. The molecule has 138 valence electrons. The molecule has 6 heteroatoms. The molecule has 2 N–H and O–H groups in total. The lowest BCUT2D eigenvalue weighted by molar-refractivity contribution is 0.145. The number of hydrogen-bond acceptors (Lipinski definition) is 3. The van der Waals surface area contributed by atoms with Crippen molar-refractivity contribution in [2.75, 3.05) is 31.1 Å². The van der Waals surface area contributed by atoms with Crippen molar-refractivity contribution in [2.24, 2.45) is 5.92 Å². The molecule has 0 saturated carbocycles. The van der Waals surface area contributed by atoms with Gasteiger partial charge in [0.1, 0.15) is 5.82 Å². The van der Waals surface area contributed by atoms with Gasteiger partial charge in [-0.2, -0.15) is 0 Å². The maximum atomic E-state index is 14.4. The SMILES string of the molecule is CC1CCN(C(=O)NCc2ccc(N3CCC(O)CC3)c(F)c2)CC1. The van der Waals surface area contributed by atoms with E-state index in [1.165, 1.54) is 6.07 Å². The smallest absolute Gasteiger partial charge is 0.317 e. The molecule has 0 atom stereocenters. The van der Waals surface area contributed by atoms with Gasteiger partial charge in [0.05, 0.1) is 11.8 Å². The first-order chi connectivity index (χ1) is 12.0. The van der Waals surface area contributed by atoms with Gasteiger partial charge in [0.15, 0.2) is 0 Å². The van der Waals surface area contributed by atoms with Crippen molar-refractivity contribution in [3.8, 4) is 0 Å². The highest BCUT2D eigenvalue weighted by atomic mass is 19.1. The molecule has 2 heterocycles. The fourth-order valence-corrected chi connectivity index (χ4v) is 3.52. The summed E-state index contributed by atoms with van der Waals surface area (Å²) in [5, 5.41) is 12.5. The van der Waals surface area contributed by atoms with Crippen LogP contribution in [0.25, 0.3) is 0 Å². The first-order valence-electron chi connectivity index (χ1n) is 9.27. The van der Waals surface area contributed by atoms with Crippen LogP contribution in [-0.2, 0) is 6.54 Å². The highest BCUT2D eigenvalue weighted by molar-refractivity contribution is 5.74. The number of urea groups is 1. The van der Waals surface area contributed by atoms with Crippen molar-refractivity contribution in [2.45, 2.75) is 45.3 Å². The van der Waals surface area contributed by atoms with E-state index in [1.54, 1.807) is 6.07 Å². The van der Waals surface area contributed by atoms with Gasteiger partial charge in [0.25, 0.3) is 0 Å². The van der Waals surface area contributed by atoms with Crippen LogP contribution in [0, 0.1) is 11.7 Å². The maximum absolute atomic E-state index is 14.4. The molecule has 0 radical (unpaired) electrons. The molecule has 25 heavy (non-hydrogen) atoms. The highest BCUT2D eigenvalue weighted by Crippen LogP contribution is 2.24. The predicted molar refractivity (Wildman–Crippen MR) is 96.1 cm³/mol. The number of hydrogen-bond donors (Lipinski definition) is 2. The largest absolute Gasteiger partial charge is 0.393 e. The number of amides is 2. The number of carbonyl (C=O) groups is 1. The molecule has 5 nitrogen and oxygen atoms in total.